The third-order valence-electron chi connectivity index (χ3n) is 4.36. The van der Waals surface area contributed by atoms with Crippen molar-refractivity contribution in [2.75, 3.05) is 57.4 Å². The minimum atomic E-state index is 0.0857. The van der Waals surface area contributed by atoms with Crippen molar-refractivity contribution in [3.05, 3.63) is 18.1 Å². The van der Waals surface area contributed by atoms with Crippen LogP contribution in [0.25, 0.3) is 5.65 Å². The molecule has 3 rings (SSSR count). The molecule has 0 radical (unpaired) electrons. The summed E-state index contributed by atoms with van der Waals surface area (Å²) in [5.41, 5.74) is 2.98. The van der Waals surface area contributed by atoms with Gasteiger partial charge in [0, 0.05) is 32.7 Å². The summed E-state index contributed by atoms with van der Waals surface area (Å²) in [7, 11) is 0. The summed E-state index contributed by atoms with van der Waals surface area (Å²) >= 11 is 0. The molecule has 0 unspecified atom stereocenters. The maximum absolute atomic E-state index is 8.73. The van der Waals surface area contributed by atoms with Gasteiger partial charge in [-0.25, -0.2) is 0 Å². The second-order valence-corrected chi connectivity index (χ2v) is 6.37. The molecule has 132 valence electrons. The number of hydrogen-bond donors (Lipinski definition) is 1. The first-order chi connectivity index (χ1) is 11.7. The molecule has 0 saturated carbocycles. The predicted octanol–water partition coefficient (Wildman–Crippen LogP) is 0.379. The molecule has 3 heterocycles. The summed E-state index contributed by atoms with van der Waals surface area (Å²) in [6, 6.07) is 2.15. The van der Waals surface area contributed by atoms with E-state index >= 15 is 0 Å². The standard InChI is InChI=1S/C16H26N6O2/c1-13(2)14-11-15(16-18-17-12-22(16)19-14)21-5-3-20(4-6-21)7-9-24-10-8-23/h11-13,23H,3-10H2,1-2H3. The fraction of sp³-hybridized carbons (Fsp3) is 0.688. The number of ether oxygens (including phenoxy) is 1. The van der Waals surface area contributed by atoms with Crippen LogP contribution in [0.15, 0.2) is 12.4 Å². The van der Waals surface area contributed by atoms with Crippen molar-refractivity contribution in [1.82, 2.24) is 24.7 Å². The van der Waals surface area contributed by atoms with Crippen molar-refractivity contribution in [3.63, 3.8) is 0 Å². The lowest BCUT2D eigenvalue weighted by Crippen LogP contribution is -2.47. The Balaban J connectivity index is 1.66. The van der Waals surface area contributed by atoms with Gasteiger partial charge in [0.2, 0.25) is 5.65 Å². The first-order valence-electron chi connectivity index (χ1n) is 8.56. The van der Waals surface area contributed by atoms with E-state index in [2.05, 4.69) is 45.0 Å². The van der Waals surface area contributed by atoms with Crippen LogP contribution < -0.4 is 4.90 Å². The zero-order valence-electron chi connectivity index (χ0n) is 14.4. The van der Waals surface area contributed by atoms with Gasteiger partial charge >= 0.3 is 0 Å². The molecule has 0 aromatic carbocycles. The molecule has 1 aliphatic heterocycles. The number of hydrogen-bond acceptors (Lipinski definition) is 7. The maximum atomic E-state index is 8.73. The number of rotatable bonds is 7. The fourth-order valence-electron chi connectivity index (χ4n) is 2.92. The second-order valence-electron chi connectivity index (χ2n) is 6.37. The number of aromatic nitrogens is 4. The van der Waals surface area contributed by atoms with Gasteiger partial charge in [-0.2, -0.15) is 9.61 Å². The molecule has 1 saturated heterocycles. The molecule has 1 aliphatic rings. The summed E-state index contributed by atoms with van der Waals surface area (Å²) in [5, 5.41) is 21.6. The van der Waals surface area contributed by atoms with E-state index in [0.29, 0.717) is 19.1 Å². The van der Waals surface area contributed by atoms with Gasteiger partial charge in [-0.3, -0.25) is 4.90 Å². The molecule has 1 N–H and O–H groups in total. The van der Waals surface area contributed by atoms with Gasteiger partial charge in [0.15, 0.2) is 0 Å². The summed E-state index contributed by atoms with van der Waals surface area (Å²) in [4.78, 5) is 4.75. The highest BCUT2D eigenvalue weighted by atomic mass is 16.5. The SMILES string of the molecule is CC(C)c1cc(N2CCN(CCOCCO)CC2)c2nncn2n1. The molecular formula is C16H26N6O2. The Hall–Kier alpha value is -1.77. The topological polar surface area (TPSA) is 79.0 Å². The molecule has 8 heteroatoms. The predicted molar refractivity (Wildman–Crippen MR) is 91.4 cm³/mol. The second kappa shape index (κ2) is 7.87. The third kappa shape index (κ3) is 3.82. The molecule has 1 fully saturated rings. The Morgan fingerprint density at radius 3 is 2.71 bits per heavy atom. The minimum absolute atomic E-state index is 0.0857. The average Bonchev–Trinajstić information content (AvgIpc) is 3.07. The first-order valence-corrected chi connectivity index (χ1v) is 8.56. The molecule has 2 aromatic rings. The fourth-order valence-corrected chi connectivity index (χ4v) is 2.92. The van der Waals surface area contributed by atoms with Crippen molar-refractivity contribution in [2.24, 2.45) is 0 Å². The smallest absolute Gasteiger partial charge is 0.200 e. The summed E-state index contributed by atoms with van der Waals surface area (Å²) in [5.74, 6) is 0.362. The van der Waals surface area contributed by atoms with Gasteiger partial charge in [-0.15, -0.1) is 10.2 Å². The van der Waals surface area contributed by atoms with E-state index in [9.17, 15) is 0 Å². The number of aliphatic hydroxyl groups excluding tert-OH is 1. The van der Waals surface area contributed by atoms with E-state index in [1.165, 1.54) is 0 Å². The monoisotopic (exact) mass is 334 g/mol. The van der Waals surface area contributed by atoms with Crippen LogP contribution in [0.1, 0.15) is 25.5 Å². The van der Waals surface area contributed by atoms with Crippen molar-refractivity contribution < 1.29 is 9.84 Å². The van der Waals surface area contributed by atoms with Gasteiger partial charge < -0.3 is 14.7 Å². The highest BCUT2D eigenvalue weighted by molar-refractivity contribution is 5.68. The highest BCUT2D eigenvalue weighted by Gasteiger charge is 2.21. The quantitative estimate of drug-likeness (QED) is 0.733. The van der Waals surface area contributed by atoms with Crippen molar-refractivity contribution in [1.29, 1.82) is 0 Å². The largest absolute Gasteiger partial charge is 0.394 e. The van der Waals surface area contributed by atoms with E-state index in [1.54, 1.807) is 10.8 Å². The highest BCUT2D eigenvalue weighted by Crippen LogP contribution is 2.24. The Bertz CT molecular complexity index is 651. The van der Waals surface area contributed by atoms with Crippen LogP contribution in [-0.2, 0) is 4.74 Å². The Morgan fingerprint density at radius 1 is 1.21 bits per heavy atom. The van der Waals surface area contributed by atoms with E-state index in [0.717, 1.165) is 49.8 Å². The zero-order valence-corrected chi connectivity index (χ0v) is 14.4. The van der Waals surface area contributed by atoms with E-state index in [-0.39, 0.29) is 6.61 Å². The van der Waals surface area contributed by atoms with Crippen LogP contribution >= 0.6 is 0 Å². The zero-order chi connectivity index (χ0) is 16.9. The minimum Gasteiger partial charge on any atom is -0.394 e. The molecule has 0 atom stereocenters. The molecule has 2 aromatic heterocycles. The van der Waals surface area contributed by atoms with E-state index < -0.39 is 0 Å². The van der Waals surface area contributed by atoms with Crippen LogP contribution in [0.3, 0.4) is 0 Å². The number of aliphatic hydroxyl groups is 1. The molecule has 0 aliphatic carbocycles. The van der Waals surface area contributed by atoms with Crippen LogP contribution in [0, 0.1) is 0 Å². The average molecular weight is 334 g/mol. The molecule has 0 amide bonds. The van der Waals surface area contributed by atoms with E-state index in [4.69, 9.17) is 9.84 Å². The van der Waals surface area contributed by atoms with Gasteiger partial charge in [0.25, 0.3) is 0 Å². The maximum Gasteiger partial charge on any atom is 0.200 e. The van der Waals surface area contributed by atoms with Crippen LogP contribution in [0.5, 0.6) is 0 Å². The Kier molecular flexibility index (Phi) is 5.60. The molecule has 0 spiro atoms. The van der Waals surface area contributed by atoms with Crippen molar-refractivity contribution >= 4 is 11.3 Å². The van der Waals surface area contributed by atoms with Gasteiger partial charge in [0.1, 0.15) is 6.33 Å². The molecule has 8 nitrogen and oxygen atoms in total. The number of fused-ring (bicyclic) bond motifs is 1. The number of anilines is 1. The van der Waals surface area contributed by atoms with Crippen molar-refractivity contribution in [2.45, 2.75) is 19.8 Å². The Labute approximate surface area is 142 Å². The number of piperazine rings is 1. The Morgan fingerprint density at radius 2 is 2.00 bits per heavy atom. The van der Waals surface area contributed by atoms with Gasteiger partial charge in [-0.1, -0.05) is 13.8 Å². The lowest BCUT2D eigenvalue weighted by molar-refractivity contribution is 0.0724. The van der Waals surface area contributed by atoms with Crippen LogP contribution in [-0.4, -0.2) is 82.4 Å². The summed E-state index contributed by atoms with van der Waals surface area (Å²) < 4.78 is 7.13. The third-order valence-corrected chi connectivity index (χ3v) is 4.36. The van der Waals surface area contributed by atoms with E-state index in [1.807, 2.05) is 0 Å². The summed E-state index contributed by atoms with van der Waals surface area (Å²) in [6.45, 7) is 10.2. The lowest BCUT2D eigenvalue weighted by Gasteiger charge is -2.36. The molecular weight excluding hydrogens is 308 g/mol. The van der Waals surface area contributed by atoms with Crippen LogP contribution in [0.2, 0.25) is 0 Å². The number of nitrogens with zero attached hydrogens (tertiary/aromatic N) is 6. The molecule has 0 bridgehead atoms. The van der Waals surface area contributed by atoms with Gasteiger partial charge in [0.05, 0.1) is 31.2 Å². The first kappa shape index (κ1) is 17.1. The summed E-state index contributed by atoms with van der Waals surface area (Å²) in [6.07, 6.45) is 1.67. The normalized spacial score (nSPS) is 16.4. The van der Waals surface area contributed by atoms with Crippen molar-refractivity contribution in [3.8, 4) is 0 Å². The van der Waals surface area contributed by atoms with Gasteiger partial charge in [-0.05, 0) is 12.0 Å². The molecule has 24 heavy (non-hydrogen) atoms. The lowest BCUT2D eigenvalue weighted by atomic mass is 10.1. The van der Waals surface area contributed by atoms with Crippen LogP contribution in [0.4, 0.5) is 5.69 Å².